The number of halogens is 1. The highest BCUT2D eigenvalue weighted by atomic mass is 19.1. The van der Waals surface area contributed by atoms with E-state index in [1.54, 1.807) is 4.57 Å². The molecule has 0 amide bonds. The van der Waals surface area contributed by atoms with Crippen molar-refractivity contribution < 1.29 is 19.0 Å². The molecule has 31 heavy (non-hydrogen) atoms. The highest BCUT2D eigenvalue weighted by molar-refractivity contribution is 5.97. The number of fused-ring (bicyclic) bond motifs is 1. The minimum Gasteiger partial charge on any atom is -0.492 e. The predicted molar refractivity (Wildman–Crippen MR) is 120 cm³/mol. The molecular formula is C23H32FN3O4. The third-order valence-corrected chi connectivity index (χ3v) is 5.97. The second kappa shape index (κ2) is 9.26. The van der Waals surface area contributed by atoms with Crippen LogP contribution in [0.3, 0.4) is 0 Å². The van der Waals surface area contributed by atoms with E-state index in [-0.39, 0.29) is 23.0 Å². The first-order valence-electron chi connectivity index (χ1n) is 11.0. The lowest BCUT2D eigenvalue weighted by molar-refractivity contribution is 0.0695. The number of nitrogens with zero attached hydrogens (tertiary/aromatic N) is 2. The molecule has 1 saturated carbocycles. The summed E-state index contributed by atoms with van der Waals surface area (Å²) in [6, 6.07) is 1.50. The van der Waals surface area contributed by atoms with Gasteiger partial charge in [0.2, 0.25) is 5.43 Å². The lowest BCUT2D eigenvalue weighted by atomic mass is 10.1. The minimum absolute atomic E-state index is 0.0466. The molecule has 2 atom stereocenters. The third kappa shape index (κ3) is 4.13. The maximum Gasteiger partial charge on any atom is 0.341 e. The first kappa shape index (κ1) is 23.1. The van der Waals surface area contributed by atoms with Crippen LogP contribution in [0.4, 0.5) is 10.1 Å². The van der Waals surface area contributed by atoms with Crippen LogP contribution in [0.15, 0.2) is 17.1 Å². The summed E-state index contributed by atoms with van der Waals surface area (Å²) >= 11 is 0. The molecule has 2 N–H and O–H groups in total. The summed E-state index contributed by atoms with van der Waals surface area (Å²) in [7, 11) is 1.46. The van der Waals surface area contributed by atoms with Crippen LogP contribution < -0.4 is 20.4 Å². The van der Waals surface area contributed by atoms with Crippen LogP contribution in [-0.2, 0) is 0 Å². The number of hydrogen-bond acceptors (Lipinski definition) is 5. The predicted octanol–water partition coefficient (Wildman–Crippen LogP) is 3.64. The molecule has 0 radical (unpaired) electrons. The Morgan fingerprint density at radius 2 is 2.00 bits per heavy atom. The van der Waals surface area contributed by atoms with Gasteiger partial charge >= 0.3 is 5.97 Å². The number of likely N-dealkylation sites (N-methyl/N-ethyl adjacent to an activating group) is 1. The Hall–Kier alpha value is -2.61. The fraction of sp³-hybridized carbons (Fsp3) is 0.565. The van der Waals surface area contributed by atoms with Gasteiger partial charge in [-0.25, -0.2) is 9.18 Å². The number of ether oxygens (including phenoxy) is 1. The normalized spacial score (nSPS) is 20.5. The van der Waals surface area contributed by atoms with Gasteiger partial charge in [0, 0.05) is 31.4 Å². The molecule has 1 saturated heterocycles. The molecule has 7 nitrogen and oxygen atoms in total. The average molecular weight is 434 g/mol. The molecule has 2 aliphatic rings. The molecule has 0 spiro atoms. The molecule has 1 aromatic carbocycles. The quantitative estimate of drug-likeness (QED) is 0.724. The third-order valence-electron chi connectivity index (χ3n) is 5.97. The van der Waals surface area contributed by atoms with E-state index in [4.69, 9.17) is 4.74 Å². The van der Waals surface area contributed by atoms with Gasteiger partial charge < -0.3 is 24.6 Å². The summed E-state index contributed by atoms with van der Waals surface area (Å²) < 4.78 is 22.7. The number of carboxylic acids is 1. The van der Waals surface area contributed by atoms with Crippen molar-refractivity contribution >= 4 is 22.6 Å². The number of aromatic nitrogens is 1. The van der Waals surface area contributed by atoms with Crippen molar-refractivity contribution in [3.63, 3.8) is 0 Å². The summed E-state index contributed by atoms with van der Waals surface area (Å²) in [5, 5.41) is 12.9. The van der Waals surface area contributed by atoms with E-state index in [1.165, 1.54) is 19.4 Å². The molecule has 1 aromatic heterocycles. The summed E-state index contributed by atoms with van der Waals surface area (Å²) in [4.78, 5) is 26.3. The molecule has 2 unspecified atom stereocenters. The van der Waals surface area contributed by atoms with Crippen molar-refractivity contribution in [1.82, 2.24) is 9.88 Å². The van der Waals surface area contributed by atoms with E-state index in [0.717, 1.165) is 19.4 Å². The smallest absolute Gasteiger partial charge is 0.341 e. The number of methoxy groups -OCH3 is 1. The van der Waals surface area contributed by atoms with E-state index >= 15 is 4.39 Å². The number of carbonyl (C=O) groups is 1. The maximum atomic E-state index is 15.3. The second-order valence-electron chi connectivity index (χ2n) is 8.00. The minimum atomic E-state index is -1.31. The van der Waals surface area contributed by atoms with Crippen LogP contribution in [0.25, 0.3) is 10.9 Å². The molecule has 8 heteroatoms. The number of aromatic carboxylic acids is 1. The average Bonchev–Trinajstić information content (AvgIpc) is 3.53. The molecule has 1 aliphatic heterocycles. The van der Waals surface area contributed by atoms with Crippen molar-refractivity contribution in [2.75, 3.05) is 31.6 Å². The van der Waals surface area contributed by atoms with E-state index in [2.05, 4.69) is 12.2 Å². The van der Waals surface area contributed by atoms with Crippen molar-refractivity contribution in [2.45, 2.75) is 52.6 Å². The molecule has 1 aliphatic carbocycles. The standard InChI is InChI=1S/C21H26FN3O4.C2H6/c1-4-23-16-10-24(8-11(16)2)18-15(22)7-13-17(20(18)29-3)25(12-5-6-12)9-14(19(13)26)21(27)28;1-2/h7,9,11-12,16,23H,4-6,8,10H2,1-3H3,(H,27,28);1-2H3. The van der Waals surface area contributed by atoms with Crippen LogP contribution >= 0.6 is 0 Å². The largest absolute Gasteiger partial charge is 0.492 e. The Labute approximate surface area is 181 Å². The Kier molecular flexibility index (Phi) is 6.89. The summed E-state index contributed by atoms with van der Waals surface area (Å²) in [5.74, 6) is -1.25. The number of anilines is 1. The highest BCUT2D eigenvalue weighted by Gasteiger charge is 2.35. The Morgan fingerprint density at radius 3 is 2.55 bits per heavy atom. The number of carboxylic acid groups (broad SMARTS) is 1. The summed E-state index contributed by atoms with van der Waals surface area (Å²) in [6.45, 7) is 10.3. The van der Waals surface area contributed by atoms with Crippen molar-refractivity contribution in [1.29, 1.82) is 0 Å². The number of hydrogen-bond donors (Lipinski definition) is 2. The van der Waals surface area contributed by atoms with E-state index in [9.17, 15) is 14.7 Å². The summed E-state index contributed by atoms with van der Waals surface area (Å²) in [5.41, 5.74) is -0.223. The van der Waals surface area contributed by atoms with Crippen LogP contribution in [0, 0.1) is 11.7 Å². The molecule has 2 aromatic rings. The highest BCUT2D eigenvalue weighted by Crippen LogP contribution is 2.44. The first-order chi connectivity index (χ1) is 14.9. The van der Waals surface area contributed by atoms with Crippen LogP contribution in [-0.4, -0.2) is 48.4 Å². The van der Waals surface area contributed by atoms with Gasteiger partial charge in [0.25, 0.3) is 0 Å². The van der Waals surface area contributed by atoms with Gasteiger partial charge in [-0.05, 0) is 31.4 Å². The van der Waals surface area contributed by atoms with Gasteiger partial charge in [-0.1, -0.05) is 27.7 Å². The van der Waals surface area contributed by atoms with Crippen molar-refractivity contribution in [3.05, 3.63) is 33.9 Å². The van der Waals surface area contributed by atoms with Gasteiger partial charge in [-0.3, -0.25) is 4.79 Å². The fourth-order valence-corrected chi connectivity index (χ4v) is 4.40. The molecule has 2 fully saturated rings. The van der Waals surface area contributed by atoms with Gasteiger partial charge in [0.15, 0.2) is 11.6 Å². The van der Waals surface area contributed by atoms with E-state index in [1.807, 2.05) is 25.7 Å². The van der Waals surface area contributed by atoms with Gasteiger partial charge in [-0.15, -0.1) is 0 Å². The lowest BCUT2D eigenvalue weighted by Gasteiger charge is -2.25. The molecule has 4 rings (SSSR count). The Bertz CT molecular complexity index is 1030. The van der Waals surface area contributed by atoms with Crippen LogP contribution in [0.5, 0.6) is 5.75 Å². The summed E-state index contributed by atoms with van der Waals surface area (Å²) in [6.07, 6.45) is 3.15. The molecule has 170 valence electrons. The Morgan fingerprint density at radius 1 is 1.32 bits per heavy atom. The van der Waals surface area contributed by atoms with Crippen LogP contribution in [0.2, 0.25) is 0 Å². The lowest BCUT2D eigenvalue weighted by Crippen LogP contribution is -2.35. The zero-order valence-electron chi connectivity index (χ0n) is 18.9. The van der Waals surface area contributed by atoms with Gasteiger partial charge in [0.1, 0.15) is 11.3 Å². The SMILES string of the molecule is CC.CCNC1CN(c2c(F)cc3c(=O)c(C(=O)O)cn(C4CC4)c3c2OC)CC1C. The second-order valence-corrected chi connectivity index (χ2v) is 8.00. The van der Waals surface area contributed by atoms with Gasteiger partial charge in [-0.2, -0.15) is 0 Å². The molecule has 2 heterocycles. The fourth-order valence-electron chi connectivity index (χ4n) is 4.40. The molecular weight excluding hydrogens is 401 g/mol. The van der Waals surface area contributed by atoms with Crippen LogP contribution in [0.1, 0.15) is 56.9 Å². The monoisotopic (exact) mass is 433 g/mol. The van der Waals surface area contributed by atoms with E-state index < -0.39 is 17.2 Å². The zero-order chi connectivity index (χ0) is 22.9. The maximum absolute atomic E-state index is 15.3. The topological polar surface area (TPSA) is 83.8 Å². The van der Waals surface area contributed by atoms with Crippen molar-refractivity contribution in [3.8, 4) is 5.75 Å². The number of benzene rings is 1. The number of rotatable bonds is 6. The number of nitrogens with one attached hydrogen (secondary N) is 1. The zero-order valence-corrected chi connectivity index (χ0v) is 18.9. The number of pyridine rings is 1. The van der Waals surface area contributed by atoms with Crippen molar-refractivity contribution in [2.24, 2.45) is 5.92 Å². The first-order valence-corrected chi connectivity index (χ1v) is 11.0. The van der Waals surface area contributed by atoms with Gasteiger partial charge in [0.05, 0.1) is 18.0 Å². The van der Waals surface area contributed by atoms with E-state index in [0.29, 0.717) is 36.0 Å². The molecule has 0 bridgehead atoms. The Balaban J connectivity index is 0.00000132.